The van der Waals surface area contributed by atoms with Gasteiger partial charge >= 0.3 is 48.4 Å². The molecule has 656 valence electrons. The third kappa shape index (κ3) is 19.8. The number of aromatic amines is 3. The Balaban J connectivity index is 0.000000148. The number of aromatic nitrogens is 6. The minimum atomic E-state index is -4.68. The van der Waals surface area contributed by atoms with Crippen molar-refractivity contribution >= 4 is 37.2 Å². The summed E-state index contributed by atoms with van der Waals surface area (Å²) in [6.07, 6.45) is 5.08. The molecule has 39 nitrogen and oxygen atoms in total. The van der Waals surface area contributed by atoms with E-state index in [-0.39, 0.29) is 66.0 Å². The molecule has 4 unspecified atom stereocenters. The molecule has 4 fully saturated rings. The molecule has 1 amide bonds. The van der Waals surface area contributed by atoms with Crippen molar-refractivity contribution in [3.8, 4) is 72.4 Å². The molecular formula is C77H74F4N8O31P4. The lowest BCUT2D eigenvalue weighted by Crippen LogP contribution is -2.46. The molecule has 0 aliphatic carbocycles. The van der Waals surface area contributed by atoms with Crippen LogP contribution in [0.5, 0.6) is 23.0 Å². The van der Waals surface area contributed by atoms with Gasteiger partial charge in [-0.3, -0.25) is 84.0 Å². The number of H-pyrrole nitrogens is 3. The number of terminal acetylenes is 4. The maximum Gasteiger partial charge on any atom is 0.530 e. The molecule has 0 bridgehead atoms. The molecule has 4 saturated heterocycles. The highest BCUT2D eigenvalue weighted by molar-refractivity contribution is 7.49. The minimum absolute atomic E-state index is 0.0542. The molecule has 7 aromatic rings. The van der Waals surface area contributed by atoms with Crippen molar-refractivity contribution in [3.63, 3.8) is 0 Å². The number of aryl methyl sites for hydroxylation is 4. The number of carbonyl (C=O) groups excluding carboxylic acids is 1. The van der Waals surface area contributed by atoms with E-state index in [1.807, 2.05) is 26.8 Å². The van der Waals surface area contributed by atoms with Crippen molar-refractivity contribution < 1.29 is 142 Å². The van der Waals surface area contributed by atoms with E-state index in [1.165, 1.54) is 0 Å². The summed E-state index contributed by atoms with van der Waals surface area (Å²) in [5.74, 6) is -4.25. The van der Waals surface area contributed by atoms with Gasteiger partial charge in [-0.2, -0.15) is 0 Å². The molecule has 16 rings (SSSR count). The number of benzene rings is 4. The standard InChI is InChI=1S/C20H20FN2O7P.3C19H18FN2O8P/c1-4-14-9-23(13(3)22-18(14)25)19-16(24)8-20(21,29-19)11-28-31(26)27-10-15-7-5-6-12(2)17(15)30-31;3*1-3-12-8-22(18(25)21-16(12)24)17-14(23)7-19(20,29-17)10-28-31(26)27-9-13-6-4-5-11(2)15(13)30-31/h1,5-7,9,16,19,24H,3,8,10-11H2,2H3,(H,22,25);3*1,4-6,8,14,17,23H,7,9-10H2,2H3,(H,21,24,25)/t16-,19-,20+,31?;3*14-,17-,19+,31?/m1111/s1/i11D2,19D;17D;10D2;. The Hall–Kier alpha value is -10.9. The van der Waals surface area contributed by atoms with Crippen LogP contribution in [-0.4, -0.2) is 140 Å². The molecule has 0 saturated carbocycles. The van der Waals surface area contributed by atoms with E-state index in [2.05, 4.69) is 23.7 Å². The lowest BCUT2D eigenvalue weighted by atomic mass is 10.1. The quantitative estimate of drug-likeness (QED) is 0.0282. The van der Waals surface area contributed by atoms with Gasteiger partial charge in [0.1, 0.15) is 102 Å². The zero-order chi connectivity index (χ0) is 95.0. The number of para-hydroxylation sites is 4. The second kappa shape index (κ2) is 35.6. The lowest BCUT2D eigenvalue weighted by Gasteiger charge is -2.34. The Kier molecular flexibility index (Phi) is 23.8. The molecule has 16 atom stereocenters. The Bertz CT molecular complexity index is 6600. The van der Waals surface area contributed by atoms with Gasteiger partial charge in [-0.15, -0.1) is 25.7 Å². The van der Waals surface area contributed by atoms with Crippen molar-refractivity contribution in [1.82, 2.24) is 38.9 Å². The Morgan fingerprint density at radius 2 is 0.790 bits per heavy atom. The first kappa shape index (κ1) is 82.7. The normalized spacial score (nSPS) is 32.6. The van der Waals surface area contributed by atoms with Crippen LogP contribution in [0.1, 0.15) is 114 Å². The summed E-state index contributed by atoms with van der Waals surface area (Å²) in [5.41, 5.74) is -1.96. The molecule has 9 aliphatic rings. The average molecular weight is 1810 g/mol. The highest BCUT2D eigenvalue weighted by Gasteiger charge is 2.56. The lowest BCUT2D eigenvalue weighted by molar-refractivity contribution is -0.184. The van der Waals surface area contributed by atoms with Crippen LogP contribution in [0.4, 0.5) is 17.6 Å². The Labute approximate surface area is 706 Å². The molecule has 9 aliphatic heterocycles. The van der Waals surface area contributed by atoms with Gasteiger partial charge in [0.05, 0.1) is 34.7 Å². The van der Waals surface area contributed by atoms with E-state index in [4.69, 9.17) is 107 Å². The summed E-state index contributed by atoms with van der Waals surface area (Å²) in [6, 6.07) is 20.5. The van der Waals surface area contributed by atoms with Gasteiger partial charge < -0.3 is 67.7 Å². The molecule has 8 N–H and O–H groups in total. The summed E-state index contributed by atoms with van der Waals surface area (Å²) in [4.78, 5) is 89.6. The second-order valence-corrected chi connectivity index (χ2v) is 34.2. The molecule has 0 spiro atoms. The van der Waals surface area contributed by atoms with E-state index < -0.39 is 196 Å². The van der Waals surface area contributed by atoms with Gasteiger partial charge in [0.15, 0.2) is 24.9 Å². The number of phosphoric ester groups is 4. The third-order valence-corrected chi connectivity index (χ3v) is 23.9. The topological polar surface area (TPSA) is 494 Å². The Morgan fingerprint density at radius 1 is 0.476 bits per heavy atom. The Morgan fingerprint density at radius 3 is 1.18 bits per heavy atom. The van der Waals surface area contributed by atoms with Crippen LogP contribution in [0.3, 0.4) is 0 Å². The second-order valence-electron chi connectivity index (χ2n) is 28.0. The predicted molar refractivity (Wildman–Crippen MR) is 418 cm³/mol. The maximum atomic E-state index is 15.8. The minimum Gasteiger partial charge on any atom is -0.403 e. The van der Waals surface area contributed by atoms with Gasteiger partial charge in [0.25, 0.3) is 22.6 Å². The van der Waals surface area contributed by atoms with E-state index >= 15 is 17.6 Å². The van der Waals surface area contributed by atoms with Crippen LogP contribution in [0.15, 0.2) is 144 Å². The first-order chi connectivity index (χ1) is 60.7. The molecule has 12 heterocycles. The first-order valence-corrected chi connectivity index (χ1v) is 42.1. The number of nitrogens with one attached hydrogen (secondary N) is 4. The van der Waals surface area contributed by atoms with E-state index in [0.29, 0.717) is 65.1 Å². The number of hydrogen-bond acceptors (Lipinski definition) is 32. The monoisotopic (exact) mass is 1810 g/mol. The van der Waals surface area contributed by atoms with Gasteiger partial charge in [-0.25, -0.2) is 50.2 Å². The number of fused-ring (bicyclic) bond motifs is 4. The average Bonchev–Trinajstić information content (AvgIpc) is 1.57. The zero-order valence-electron chi connectivity index (χ0n) is 70.7. The number of aliphatic hydroxyl groups excluding tert-OH is 4. The molecule has 124 heavy (non-hydrogen) atoms. The molecule has 47 heteroatoms. The van der Waals surface area contributed by atoms with Crippen LogP contribution in [0.25, 0.3) is 0 Å². The van der Waals surface area contributed by atoms with Crippen molar-refractivity contribution in [1.29, 1.82) is 0 Å². The molecular weight excluding hydrogens is 1730 g/mol. The molecule has 0 radical (unpaired) electrons. The van der Waals surface area contributed by atoms with Gasteiger partial charge in [-0.05, 0) is 49.9 Å². The van der Waals surface area contributed by atoms with Crippen LogP contribution in [0, 0.1) is 77.1 Å². The number of hydrogen-bond donors (Lipinski definition) is 8. The smallest absolute Gasteiger partial charge is 0.403 e. The number of amides is 1. The number of carbonyl (C=O) groups is 1. The van der Waals surface area contributed by atoms with Crippen molar-refractivity contribution in [2.75, 3.05) is 26.3 Å². The summed E-state index contributed by atoms with van der Waals surface area (Å²) in [5, 5.41) is 43.6. The summed E-state index contributed by atoms with van der Waals surface area (Å²) < 4.78 is 247. The summed E-state index contributed by atoms with van der Waals surface area (Å²) >= 11 is 0. The van der Waals surface area contributed by atoms with Crippen molar-refractivity contribution in [2.24, 2.45) is 0 Å². The highest BCUT2D eigenvalue weighted by Crippen LogP contribution is 2.61. The number of nitrogens with zero attached hydrogens (tertiary/aromatic N) is 4. The van der Waals surface area contributed by atoms with E-state index in [1.54, 1.807) is 100 Å². The number of aliphatic hydroxyl groups is 4. The largest absolute Gasteiger partial charge is 0.530 e. The van der Waals surface area contributed by atoms with E-state index in [9.17, 15) is 72.2 Å². The summed E-state index contributed by atoms with van der Waals surface area (Å²) in [6.45, 7) is 0.754. The van der Waals surface area contributed by atoms with Crippen molar-refractivity contribution in [3.05, 3.63) is 239 Å². The number of ether oxygens (including phenoxy) is 4. The van der Waals surface area contributed by atoms with Crippen LogP contribution in [0.2, 0.25) is 0 Å². The van der Waals surface area contributed by atoms with Gasteiger partial charge in [0, 0.05) is 72.7 Å². The number of halogens is 4. The number of rotatable bonds is 16. The highest BCUT2D eigenvalue weighted by atomic mass is 31.2. The van der Waals surface area contributed by atoms with Crippen LogP contribution >= 0.6 is 31.3 Å². The molecule has 3 aromatic heterocycles. The van der Waals surface area contributed by atoms with Gasteiger partial charge in [0.2, 0.25) is 23.4 Å². The number of phosphoric acid groups is 4. The fraction of sp³-hybridized carbons (Fsp3) is 0.364. The van der Waals surface area contributed by atoms with Crippen molar-refractivity contribution in [2.45, 2.75) is 153 Å². The number of alkyl halides is 4. The SMILES string of the molecule is C#Cc1cn([C@@H]2O[C@](F)(COP3(=O)OCc4cccc(C)c4O3)C[C@H]2O)c(=O)[nH]c1=O.[2H]C([2H])(OP1(=O)OCc2cccc(C)c2O1)[C@]1(F)C[C@@H](O)[C@H](n2cc(C#C)c(=O)[nH]c2=O)O1.[2H]C([2H])(OP1(=O)OCc2cccc(C)c2O1)[C@]1(F)C[C@@H](O)[C@]([2H])(N2C=C(C#C)C(=O)NC2=C)O1.[2H][C@@]1(n2cc(C#C)c(=O)[nH]c2=O)O[C@](F)(COP2(=O)OCc3cccc(C)c3O2)C[C@H]1O. The fourth-order valence-corrected chi connectivity index (χ4v) is 17.8. The first-order valence-electron chi connectivity index (χ1n) is 39.2. The van der Waals surface area contributed by atoms with E-state index in [0.717, 1.165) is 34.3 Å². The fourth-order valence-electron chi connectivity index (χ4n) is 12.9. The van der Waals surface area contributed by atoms with Crippen LogP contribution in [-0.2, 0) is 105 Å². The zero-order valence-corrected chi connectivity index (χ0v) is 68.3. The summed E-state index contributed by atoms with van der Waals surface area (Å²) in [7, 11) is -17.7. The third-order valence-electron chi connectivity index (χ3n) is 18.9. The predicted octanol–water partition coefficient (Wildman–Crippen LogP) is 6.74. The van der Waals surface area contributed by atoms with Crippen LogP contribution < -0.4 is 57.2 Å². The van der Waals surface area contributed by atoms with Gasteiger partial charge in [-0.1, -0.05) is 103 Å². The molecule has 4 aromatic carbocycles. The maximum absolute atomic E-state index is 15.8.